The highest BCUT2D eigenvalue weighted by Gasteiger charge is 2.37. The molecule has 0 aromatic rings. The van der Waals surface area contributed by atoms with Crippen molar-refractivity contribution in [1.82, 2.24) is 0 Å². The monoisotopic (exact) mass is 278 g/mol. The lowest BCUT2D eigenvalue weighted by atomic mass is 9.90. The number of ether oxygens (including phenoxy) is 2. The van der Waals surface area contributed by atoms with E-state index < -0.39 is 6.10 Å². The Labute approximate surface area is 122 Å². The van der Waals surface area contributed by atoms with Crippen LogP contribution in [-0.2, 0) is 9.47 Å². The van der Waals surface area contributed by atoms with Gasteiger partial charge in [0.05, 0.1) is 12.7 Å². The lowest BCUT2D eigenvalue weighted by Crippen LogP contribution is -2.50. The van der Waals surface area contributed by atoms with Gasteiger partial charge in [-0.15, -0.1) is 0 Å². The van der Waals surface area contributed by atoms with Crippen LogP contribution in [0.2, 0.25) is 0 Å². The highest BCUT2D eigenvalue weighted by atomic mass is 16.5. The van der Waals surface area contributed by atoms with Gasteiger partial charge < -0.3 is 14.6 Å². The quantitative estimate of drug-likeness (QED) is 0.786. The molecule has 0 unspecified atom stereocenters. The summed E-state index contributed by atoms with van der Waals surface area (Å²) in [6, 6.07) is 0. The molecule has 3 nitrogen and oxygen atoms in total. The molecule has 4 atom stereocenters. The number of hydrogen-bond donors (Lipinski definition) is 1. The molecule has 0 amide bonds. The molecule has 1 aliphatic heterocycles. The summed E-state index contributed by atoms with van der Waals surface area (Å²) < 4.78 is 11.1. The Morgan fingerprint density at radius 2 is 1.85 bits per heavy atom. The molecule has 20 heavy (non-hydrogen) atoms. The van der Waals surface area contributed by atoms with E-state index in [0.717, 1.165) is 5.57 Å². The van der Waals surface area contributed by atoms with Crippen molar-refractivity contribution in [2.45, 2.75) is 39.1 Å². The third-order valence-electron chi connectivity index (χ3n) is 3.46. The van der Waals surface area contributed by atoms with Gasteiger partial charge in [0.15, 0.2) is 0 Å². The first kappa shape index (κ1) is 16.9. The first-order valence-electron chi connectivity index (χ1n) is 7.07. The van der Waals surface area contributed by atoms with E-state index in [1.165, 1.54) is 0 Å². The van der Waals surface area contributed by atoms with Crippen LogP contribution < -0.4 is 0 Å². The minimum atomic E-state index is -0.619. The topological polar surface area (TPSA) is 38.7 Å². The highest BCUT2D eigenvalue weighted by molar-refractivity contribution is 5.21. The van der Waals surface area contributed by atoms with Crippen LogP contribution in [0.25, 0.3) is 0 Å². The third-order valence-corrected chi connectivity index (χ3v) is 3.46. The second-order valence-electron chi connectivity index (χ2n) is 5.13. The Kier molecular flexibility index (Phi) is 7.52. The Hall–Kier alpha value is -1.16. The molecule has 0 bridgehead atoms. The van der Waals surface area contributed by atoms with Gasteiger partial charge >= 0.3 is 0 Å². The smallest absolute Gasteiger partial charge is 0.110 e. The zero-order valence-electron chi connectivity index (χ0n) is 12.8. The van der Waals surface area contributed by atoms with Crippen molar-refractivity contribution in [3.63, 3.8) is 0 Å². The molecule has 1 fully saturated rings. The summed E-state index contributed by atoms with van der Waals surface area (Å²) in [5.41, 5.74) is 1.00. The van der Waals surface area contributed by atoms with E-state index in [-0.39, 0.29) is 18.1 Å². The second-order valence-corrected chi connectivity index (χ2v) is 5.13. The molecule has 1 heterocycles. The summed E-state index contributed by atoms with van der Waals surface area (Å²) >= 11 is 0. The van der Waals surface area contributed by atoms with Crippen LogP contribution in [0.1, 0.15) is 20.8 Å². The molecule has 1 aliphatic rings. The predicted molar refractivity (Wildman–Crippen MR) is 82.6 cm³/mol. The lowest BCUT2D eigenvalue weighted by molar-refractivity contribution is -0.158. The largest absolute Gasteiger partial charge is 0.387 e. The molecule has 112 valence electrons. The number of allylic oxidation sites excluding steroid dienone is 7. The van der Waals surface area contributed by atoms with E-state index in [4.69, 9.17) is 9.47 Å². The molecule has 0 aliphatic carbocycles. The molecule has 0 spiro atoms. The minimum absolute atomic E-state index is 0.171. The molecule has 0 aromatic carbocycles. The molecule has 3 heteroatoms. The summed E-state index contributed by atoms with van der Waals surface area (Å²) in [6.07, 6.45) is 12.7. The summed E-state index contributed by atoms with van der Waals surface area (Å²) in [7, 11) is 1.64. The SMILES string of the molecule is C/C=C/C=C/C=C/C=C(\C)[C@@H]1OC[C@H](C)[C@H](OC)[C@H]1O. The first-order chi connectivity index (χ1) is 9.61. The van der Waals surface area contributed by atoms with Crippen LogP contribution in [0.15, 0.2) is 48.1 Å². The molecule has 1 saturated heterocycles. The van der Waals surface area contributed by atoms with Gasteiger partial charge in [-0.25, -0.2) is 0 Å². The van der Waals surface area contributed by atoms with Gasteiger partial charge in [-0.2, -0.15) is 0 Å². The highest BCUT2D eigenvalue weighted by Crippen LogP contribution is 2.26. The van der Waals surface area contributed by atoms with Crippen molar-refractivity contribution < 1.29 is 14.6 Å². The van der Waals surface area contributed by atoms with Gasteiger partial charge in [-0.1, -0.05) is 49.5 Å². The molecular weight excluding hydrogens is 252 g/mol. The normalized spacial score (nSPS) is 32.8. The molecule has 0 saturated carbocycles. The summed E-state index contributed by atoms with van der Waals surface area (Å²) in [4.78, 5) is 0. The summed E-state index contributed by atoms with van der Waals surface area (Å²) in [6.45, 7) is 6.58. The van der Waals surface area contributed by atoms with Crippen molar-refractivity contribution >= 4 is 0 Å². The zero-order valence-corrected chi connectivity index (χ0v) is 12.8. The van der Waals surface area contributed by atoms with Crippen molar-refractivity contribution in [2.24, 2.45) is 5.92 Å². The first-order valence-corrected chi connectivity index (χ1v) is 7.07. The molecular formula is C17H26O3. The average Bonchev–Trinajstić information content (AvgIpc) is 2.43. The molecule has 1 rings (SSSR count). The van der Waals surface area contributed by atoms with Gasteiger partial charge in [-0.3, -0.25) is 0 Å². The van der Waals surface area contributed by atoms with Crippen molar-refractivity contribution in [1.29, 1.82) is 0 Å². The fourth-order valence-electron chi connectivity index (χ4n) is 2.34. The minimum Gasteiger partial charge on any atom is -0.387 e. The number of aliphatic hydroxyl groups excluding tert-OH is 1. The maximum atomic E-state index is 10.3. The predicted octanol–water partition coefficient (Wildman–Crippen LogP) is 3.03. The number of hydrogen-bond acceptors (Lipinski definition) is 3. The van der Waals surface area contributed by atoms with E-state index in [2.05, 4.69) is 0 Å². The van der Waals surface area contributed by atoms with E-state index in [9.17, 15) is 5.11 Å². The lowest BCUT2D eigenvalue weighted by Gasteiger charge is -2.38. The Morgan fingerprint density at radius 3 is 2.50 bits per heavy atom. The summed E-state index contributed by atoms with van der Waals surface area (Å²) in [5, 5.41) is 10.3. The Balaban J connectivity index is 2.64. The second kappa shape index (κ2) is 8.90. The van der Waals surface area contributed by atoms with Crippen LogP contribution in [0, 0.1) is 5.92 Å². The van der Waals surface area contributed by atoms with E-state index in [1.54, 1.807) is 7.11 Å². The van der Waals surface area contributed by atoms with E-state index in [1.807, 2.05) is 63.3 Å². The Morgan fingerprint density at radius 1 is 1.20 bits per heavy atom. The van der Waals surface area contributed by atoms with Gasteiger partial charge in [0, 0.05) is 13.0 Å². The van der Waals surface area contributed by atoms with E-state index >= 15 is 0 Å². The van der Waals surface area contributed by atoms with Crippen LogP contribution in [0.5, 0.6) is 0 Å². The number of aliphatic hydroxyl groups is 1. The maximum Gasteiger partial charge on any atom is 0.110 e. The van der Waals surface area contributed by atoms with Crippen LogP contribution in [0.4, 0.5) is 0 Å². The standard InChI is InChI=1S/C17H26O3/c1-5-6-7-8-9-10-11-13(2)17-15(18)16(19-4)14(3)12-20-17/h5-11,14-18H,12H2,1-4H3/b6-5+,8-7+,10-9+,13-11+/t14-,15+,16-,17-/m0/s1. The molecule has 0 radical (unpaired) electrons. The fourth-order valence-corrected chi connectivity index (χ4v) is 2.34. The van der Waals surface area contributed by atoms with E-state index in [0.29, 0.717) is 6.61 Å². The van der Waals surface area contributed by atoms with Gasteiger partial charge in [-0.05, 0) is 19.4 Å². The summed E-state index contributed by atoms with van der Waals surface area (Å²) in [5.74, 6) is 0.207. The van der Waals surface area contributed by atoms with Gasteiger partial charge in [0.1, 0.15) is 12.2 Å². The van der Waals surface area contributed by atoms with Crippen LogP contribution in [0.3, 0.4) is 0 Å². The van der Waals surface area contributed by atoms with Gasteiger partial charge in [0.25, 0.3) is 0 Å². The van der Waals surface area contributed by atoms with Crippen LogP contribution >= 0.6 is 0 Å². The average molecular weight is 278 g/mol. The maximum absolute atomic E-state index is 10.3. The van der Waals surface area contributed by atoms with Crippen molar-refractivity contribution in [3.05, 3.63) is 48.1 Å². The third kappa shape index (κ3) is 4.75. The zero-order chi connectivity index (χ0) is 15.0. The molecule has 0 aromatic heterocycles. The van der Waals surface area contributed by atoms with Gasteiger partial charge in [0.2, 0.25) is 0 Å². The van der Waals surface area contributed by atoms with Crippen molar-refractivity contribution in [2.75, 3.05) is 13.7 Å². The Bertz CT molecular complexity index is 393. The number of methoxy groups -OCH3 is 1. The molecule has 1 N–H and O–H groups in total. The fraction of sp³-hybridized carbons (Fsp3) is 0.529. The number of rotatable bonds is 5. The van der Waals surface area contributed by atoms with Crippen molar-refractivity contribution in [3.8, 4) is 0 Å². The van der Waals surface area contributed by atoms with Crippen LogP contribution in [-0.4, -0.2) is 37.1 Å².